The van der Waals surface area contributed by atoms with Gasteiger partial charge in [-0.3, -0.25) is 4.79 Å². The third-order valence-corrected chi connectivity index (χ3v) is 5.88. The van der Waals surface area contributed by atoms with Crippen LogP contribution in [0.1, 0.15) is 26.5 Å². The van der Waals surface area contributed by atoms with Crippen molar-refractivity contribution in [2.24, 2.45) is 0 Å². The van der Waals surface area contributed by atoms with Crippen molar-refractivity contribution in [1.29, 1.82) is 0 Å². The van der Waals surface area contributed by atoms with E-state index in [2.05, 4.69) is 0 Å². The summed E-state index contributed by atoms with van der Waals surface area (Å²) < 4.78 is 35.1. The molecular formula is C20H16O7S. The summed E-state index contributed by atoms with van der Waals surface area (Å²) in [6.07, 6.45) is 1.74. The highest BCUT2D eigenvalue weighted by atomic mass is 32.2. The number of sulfone groups is 1. The van der Waals surface area contributed by atoms with Crippen LogP contribution in [0.25, 0.3) is 11.1 Å². The molecule has 0 bridgehead atoms. The predicted octanol–water partition coefficient (Wildman–Crippen LogP) is 3.23. The number of ether oxygens (including phenoxy) is 1. The van der Waals surface area contributed by atoms with Gasteiger partial charge < -0.3 is 14.3 Å². The Morgan fingerprint density at radius 1 is 1.11 bits per heavy atom. The Labute approximate surface area is 161 Å². The van der Waals surface area contributed by atoms with Crippen LogP contribution in [0.2, 0.25) is 0 Å². The van der Waals surface area contributed by atoms with Crippen molar-refractivity contribution in [3.8, 4) is 16.9 Å². The number of aldehydes is 1. The van der Waals surface area contributed by atoms with E-state index < -0.39 is 27.3 Å². The molecule has 1 aromatic heterocycles. The molecule has 0 saturated heterocycles. The first-order valence-corrected chi connectivity index (χ1v) is 9.78. The topological polar surface area (TPSA) is 111 Å². The lowest BCUT2D eigenvalue weighted by Gasteiger charge is -2.13. The molecule has 1 N–H and O–H groups in total. The number of benzene rings is 2. The molecule has 0 aliphatic heterocycles. The minimum Gasteiger partial charge on any atom is -0.506 e. The van der Waals surface area contributed by atoms with E-state index in [4.69, 9.17) is 9.15 Å². The van der Waals surface area contributed by atoms with Crippen molar-refractivity contribution in [2.75, 3.05) is 7.11 Å². The second kappa shape index (κ2) is 7.69. The molecule has 3 aromatic rings. The van der Waals surface area contributed by atoms with E-state index >= 15 is 0 Å². The number of hydrogen-bond acceptors (Lipinski definition) is 7. The molecule has 28 heavy (non-hydrogen) atoms. The Hall–Kier alpha value is -3.39. The fourth-order valence-electron chi connectivity index (χ4n) is 2.85. The maximum Gasteiger partial charge on any atom is 0.341 e. The van der Waals surface area contributed by atoms with Crippen molar-refractivity contribution in [3.63, 3.8) is 0 Å². The Morgan fingerprint density at radius 3 is 2.46 bits per heavy atom. The van der Waals surface area contributed by atoms with Crippen LogP contribution < -0.4 is 0 Å². The zero-order valence-electron chi connectivity index (χ0n) is 14.8. The van der Waals surface area contributed by atoms with Crippen LogP contribution in [0, 0.1) is 0 Å². The molecule has 0 saturated carbocycles. The van der Waals surface area contributed by atoms with E-state index in [0.717, 1.165) is 7.11 Å². The Balaban J connectivity index is 2.14. The number of esters is 1. The molecule has 3 rings (SSSR count). The maximum atomic E-state index is 12.7. The quantitative estimate of drug-likeness (QED) is 0.499. The second-order valence-corrected chi connectivity index (χ2v) is 7.87. The molecule has 0 aliphatic carbocycles. The van der Waals surface area contributed by atoms with Crippen molar-refractivity contribution < 1.29 is 32.3 Å². The standard InChI is InChI=1S/C20H16O7S/c1-26-20(23)18-13(12-28(24,25)14-5-3-2-4-6-14)7-8-16(19(18)22)15-9-10-27-17(15)11-21/h2-11,22H,12H2,1H3. The van der Waals surface area contributed by atoms with Crippen molar-refractivity contribution >= 4 is 22.1 Å². The Kier molecular flexibility index (Phi) is 5.32. The van der Waals surface area contributed by atoms with Gasteiger partial charge in [0.05, 0.1) is 24.0 Å². The predicted molar refractivity (Wildman–Crippen MR) is 99.9 cm³/mol. The molecule has 0 amide bonds. The lowest BCUT2D eigenvalue weighted by Crippen LogP contribution is -2.12. The molecule has 0 fully saturated rings. The molecule has 7 nitrogen and oxygen atoms in total. The minimum absolute atomic E-state index is 0.0317. The van der Waals surface area contributed by atoms with Gasteiger partial charge in [0.25, 0.3) is 0 Å². The number of hydrogen-bond donors (Lipinski definition) is 1. The van der Waals surface area contributed by atoms with E-state index in [0.29, 0.717) is 6.29 Å². The fraction of sp³-hybridized carbons (Fsp3) is 0.100. The molecule has 0 unspecified atom stereocenters. The van der Waals surface area contributed by atoms with Crippen LogP contribution in [-0.4, -0.2) is 32.9 Å². The van der Waals surface area contributed by atoms with E-state index in [9.17, 15) is 23.1 Å². The van der Waals surface area contributed by atoms with Gasteiger partial charge in [-0.15, -0.1) is 0 Å². The summed E-state index contributed by atoms with van der Waals surface area (Å²) in [5.41, 5.74) is 0.220. The van der Waals surface area contributed by atoms with Gasteiger partial charge in [0.15, 0.2) is 21.9 Å². The average Bonchev–Trinajstić information content (AvgIpc) is 3.16. The molecule has 2 aromatic carbocycles. The molecular weight excluding hydrogens is 384 g/mol. The highest BCUT2D eigenvalue weighted by Crippen LogP contribution is 2.37. The van der Waals surface area contributed by atoms with E-state index in [1.54, 1.807) is 18.2 Å². The summed E-state index contributed by atoms with van der Waals surface area (Å²) in [5.74, 6) is -1.93. The minimum atomic E-state index is -3.77. The van der Waals surface area contributed by atoms with E-state index in [-0.39, 0.29) is 32.9 Å². The smallest absolute Gasteiger partial charge is 0.341 e. The number of rotatable bonds is 6. The Bertz CT molecular complexity index is 1130. The lowest BCUT2D eigenvalue weighted by molar-refractivity contribution is 0.0596. The third kappa shape index (κ3) is 3.54. The van der Waals surface area contributed by atoms with Crippen LogP contribution in [0.15, 0.2) is 64.1 Å². The molecule has 0 atom stereocenters. The highest BCUT2D eigenvalue weighted by molar-refractivity contribution is 7.90. The van der Waals surface area contributed by atoms with Gasteiger partial charge in [-0.25, -0.2) is 13.2 Å². The number of furan rings is 1. The van der Waals surface area contributed by atoms with Crippen LogP contribution in [-0.2, 0) is 20.3 Å². The summed E-state index contributed by atoms with van der Waals surface area (Å²) >= 11 is 0. The lowest BCUT2D eigenvalue weighted by atomic mass is 9.98. The van der Waals surface area contributed by atoms with Crippen molar-refractivity contribution in [2.45, 2.75) is 10.6 Å². The van der Waals surface area contributed by atoms with Crippen molar-refractivity contribution in [1.82, 2.24) is 0 Å². The summed E-state index contributed by atoms with van der Waals surface area (Å²) in [7, 11) is -2.64. The molecule has 144 valence electrons. The first-order valence-electron chi connectivity index (χ1n) is 8.13. The number of phenolic OH excluding ortho intramolecular Hbond substituents is 1. The monoisotopic (exact) mass is 400 g/mol. The third-order valence-electron chi connectivity index (χ3n) is 4.19. The zero-order chi connectivity index (χ0) is 20.3. The van der Waals surface area contributed by atoms with Crippen molar-refractivity contribution in [3.05, 3.63) is 71.7 Å². The number of methoxy groups -OCH3 is 1. The van der Waals surface area contributed by atoms with Crippen LogP contribution in [0.3, 0.4) is 0 Å². The number of phenols is 1. The van der Waals surface area contributed by atoms with Crippen LogP contribution >= 0.6 is 0 Å². The zero-order valence-corrected chi connectivity index (χ0v) is 15.6. The molecule has 1 heterocycles. The molecule has 0 spiro atoms. The van der Waals surface area contributed by atoms with Crippen LogP contribution in [0.4, 0.5) is 0 Å². The van der Waals surface area contributed by atoms with Gasteiger partial charge in [0.1, 0.15) is 11.3 Å². The van der Waals surface area contributed by atoms with Gasteiger partial charge in [-0.05, 0) is 23.8 Å². The largest absolute Gasteiger partial charge is 0.506 e. The van der Waals surface area contributed by atoms with Crippen LogP contribution in [0.5, 0.6) is 5.75 Å². The summed E-state index contributed by atoms with van der Waals surface area (Å²) in [4.78, 5) is 23.5. The first-order chi connectivity index (χ1) is 13.4. The first kappa shape index (κ1) is 19.4. The van der Waals surface area contributed by atoms with Gasteiger partial charge in [-0.2, -0.15) is 0 Å². The maximum absolute atomic E-state index is 12.7. The van der Waals surface area contributed by atoms with E-state index in [1.165, 1.54) is 36.6 Å². The average molecular weight is 400 g/mol. The highest BCUT2D eigenvalue weighted by Gasteiger charge is 2.26. The Morgan fingerprint density at radius 2 is 1.82 bits per heavy atom. The summed E-state index contributed by atoms with van der Waals surface area (Å²) in [6.45, 7) is 0. The van der Waals surface area contributed by atoms with Gasteiger partial charge in [0, 0.05) is 11.1 Å². The van der Waals surface area contributed by atoms with Gasteiger partial charge in [0.2, 0.25) is 0 Å². The molecule has 0 aliphatic rings. The normalized spacial score (nSPS) is 11.2. The SMILES string of the molecule is COC(=O)c1c(CS(=O)(=O)c2ccccc2)ccc(-c2ccoc2C=O)c1O. The van der Waals surface area contributed by atoms with E-state index in [1.807, 2.05) is 0 Å². The molecule has 0 radical (unpaired) electrons. The van der Waals surface area contributed by atoms with Gasteiger partial charge in [-0.1, -0.05) is 30.3 Å². The molecule has 8 heteroatoms. The number of carbonyl (C=O) groups excluding carboxylic acids is 2. The fourth-order valence-corrected chi connectivity index (χ4v) is 4.24. The summed E-state index contributed by atoms with van der Waals surface area (Å²) in [5, 5.41) is 10.7. The van der Waals surface area contributed by atoms with Gasteiger partial charge >= 0.3 is 5.97 Å². The second-order valence-electron chi connectivity index (χ2n) is 5.88. The number of aromatic hydroxyl groups is 1. The summed E-state index contributed by atoms with van der Waals surface area (Å²) in [6, 6.07) is 12.1. The number of carbonyl (C=O) groups is 2.